The van der Waals surface area contributed by atoms with E-state index in [2.05, 4.69) is 0 Å². The zero-order valence-electron chi connectivity index (χ0n) is 11.4. The van der Waals surface area contributed by atoms with Gasteiger partial charge in [0.1, 0.15) is 0 Å². The number of alkyl halides is 4. The van der Waals surface area contributed by atoms with E-state index in [4.69, 9.17) is 13.3 Å². The summed E-state index contributed by atoms with van der Waals surface area (Å²) < 4.78 is 66.3. The van der Waals surface area contributed by atoms with E-state index in [-0.39, 0.29) is 25.3 Å². The average molecular weight is 306 g/mol. The monoisotopic (exact) mass is 306 g/mol. The molecule has 0 heterocycles. The first-order valence-corrected chi connectivity index (χ1v) is 8.05. The van der Waals surface area contributed by atoms with E-state index in [9.17, 15) is 17.6 Å². The van der Waals surface area contributed by atoms with E-state index in [0.717, 1.165) is 0 Å². The van der Waals surface area contributed by atoms with Crippen LogP contribution in [0.3, 0.4) is 0 Å². The van der Waals surface area contributed by atoms with Crippen molar-refractivity contribution in [2.24, 2.45) is 0 Å². The van der Waals surface area contributed by atoms with Gasteiger partial charge in [0.2, 0.25) is 0 Å². The second kappa shape index (κ2) is 9.68. The van der Waals surface area contributed by atoms with Crippen molar-refractivity contribution in [3.63, 3.8) is 0 Å². The molecule has 0 N–H and O–H groups in total. The fourth-order valence-electron chi connectivity index (χ4n) is 1.91. The second-order valence-corrected chi connectivity index (χ2v) is 7.02. The molecule has 0 spiro atoms. The molecule has 0 aromatic carbocycles. The fourth-order valence-corrected chi connectivity index (χ4v) is 3.95. The lowest BCUT2D eigenvalue weighted by molar-refractivity contribution is -0.0439. The first-order chi connectivity index (χ1) is 9.07. The van der Waals surface area contributed by atoms with Gasteiger partial charge in [-0.25, -0.2) is 0 Å². The first kappa shape index (κ1) is 18.8. The van der Waals surface area contributed by atoms with Crippen molar-refractivity contribution in [1.29, 1.82) is 0 Å². The highest BCUT2D eigenvalue weighted by atomic mass is 28.4. The summed E-state index contributed by atoms with van der Waals surface area (Å²) in [5, 5.41) is 0. The van der Waals surface area contributed by atoms with Gasteiger partial charge in [0.25, 0.3) is 0 Å². The maximum Gasteiger partial charge on any atom is 0.503 e. The molecule has 0 aromatic heterocycles. The van der Waals surface area contributed by atoms with E-state index in [0.29, 0.717) is 0 Å². The van der Waals surface area contributed by atoms with Crippen LogP contribution in [0.1, 0.15) is 19.3 Å². The molecule has 0 aliphatic rings. The van der Waals surface area contributed by atoms with Crippen molar-refractivity contribution in [2.75, 3.05) is 40.9 Å². The van der Waals surface area contributed by atoms with Crippen LogP contribution in [0, 0.1) is 0 Å². The van der Waals surface area contributed by atoms with Crippen molar-refractivity contribution in [2.45, 2.75) is 30.9 Å². The van der Waals surface area contributed by atoms with Crippen LogP contribution < -0.4 is 0 Å². The molecule has 0 saturated carbocycles. The van der Waals surface area contributed by atoms with Crippen LogP contribution in [-0.2, 0) is 13.3 Å². The summed E-state index contributed by atoms with van der Waals surface area (Å²) in [4.78, 5) is 0. The molecule has 0 rings (SSSR count). The Kier molecular flexibility index (Phi) is 9.59. The summed E-state index contributed by atoms with van der Waals surface area (Å²) in [6.07, 6.45) is -0.516. The van der Waals surface area contributed by atoms with E-state index in [1.807, 2.05) is 0 Å². The first-order valence-electron chi connectivity index (χ1n) is 6.12. The zero-order chi connectivity index (χ0) is 14.8. The van der Waals surface area contributed by atoms with E-state index in [1.54, 1.807) is 0 Å². The molecule has 0 fully saturated rings. The normalized spacial score (nSPS) is 12.9. The molecule has 116 valence electrons. The van der Waals surface area contributed by atoms with Gasteiger partial charge < -0.3 is 13.3 Å². The van der Waals surface area contributed by atoms with Crippen molar-refractivity contribution < 1.29 is 30.8 Å². The van der Waals surface area contributed by atoms with Gasteiger partial charge in [0.05, 0.1) is 32.3 Å². The Bertz CT molecular complexity index is 213. The Morgan fingerprint density at radius 2 is 1.21 bits per heavy atom. The Labute approximate surface area is 112 Å². The lowest BCUT2D eigenvalue weighted by Gasteiger charge is -2.39. The highest BCUT2D eigenvalue weighted by Crippen LogP contribution is 2.32. The van der Waals surface area contributed by atoms with E-state index >= 15 is 0 Å². The molecule has 3 nitrogen and oxygen atoms in total. The molecular weight excluding hydrogens is 284 g/mol. The number of hydrogen-bond donors (Lipinski definition) is 0. The van der Waals surface area contributed by atoms with E-state index < -0.39 is 41.1 Å². The maximum absolute atomic E-state index is 12.6. The standard InChI is InChI=1S/C11H22F4O3Si/c1-16-19(17-2,10-9-15)18-11(3-6-12,4-7-13)5-8-14/h3-10H2,1-2H3. The van der Waals surface area contributed by atoms with Gasteiger partial charge in [-0.2, -0.15) is 0 Å². The van der Waals surface area contributed by atoms with Gasteiger partial charge in [-0.3, -0.25) is 17.6 Å². The summed E-state index contributed by atoms with van der Waals surface area (Å²) in [5.74, 6) is 0. The Hall–Kier alpha value is -0.183. The smallest absolute Gasteiger partial charge is 0.377 e. The van der Waals surface area contributed by atoms with Gasteiger partial charge in [0, 0.05) is 39.5 Å². The molecule has 19 heavy (non-hydrogen) atoms. The maximum atomic E-state index is 12.6. The lowest BCUT2D eigenvalue weighted by atomic mass is 9.93. The van der Waals surface area contributed by atoms with Gasteiger partial charge in [-0.05, 0) is 0 Å². The Morgan fingerprint density at radius 1 is 0.789 bits per heavy atom. The molecule has 0 aromatic rings. The predicted octanol–water partition coefficient (Wildman–Crippen LogP) is 3.02. The Morgan fingerprint density at radius 3 is 1.47 bits per heavy atom. The lowest BCUT2D eigenvalue weighted by Crippen LogP contribution is -2.53. The second-order valence-electron chi connectivity index (χ2n) is 4.13. The minimum Gasteiger partial charge on any atom is -0.377 e. The van der Waals surface area contributed by atoms with Crippen LogP contribution in [0.15, 0.2) is 0 Å². The third-order valence-corrected chi connectivity index (χ3v) is 5.83. The molecule has 0 unspecified atom stereocenters. The van der Waals surface area contributed by atoms with Crippen LogP contribution in [0.5, 0.6) is 0 Å². The predicted molar refractivity (Wildman–Crippen MR) is 66.1 cm³/mol. The molecule has 0 saturated heterocycles. The third-order valence-electron chi connectivity index (χ3n) is 3.05. The van der Waals surface area contributed by atoms with Crippen molar-refractivity contribution in [3.8, 4) is 0 Å². The number of halogens is 4. The molecule has 0 amide bonds. The van der Waals surface area contributed by atoms with Crippen molar-refractivity contribution in [1.82, 2.24) is 0 Å². The van der Waals surface area contributed by atoms with Crippen LogP contribution in [0.4, 0.5) is 17.6 Å². The molecule has 0 atom stereocenters. The number of rotatable bonds is 12. The minimum absolute atomic E-state index is 0.132. The summed E-state index contributed by atoms with van der Waals surface area (Å²) >= 11 is 0. The zero-order valence-corrected chi connectivity index (χ0v) is 12.4. The SMILES string of the molecule is CO[Si](CCF)(OC)OC(CCF)(CCF)CCF. The van der Waals surface area contributed by atoms with Crippen LogP contribution >= 0.6 is 0 Å². The molecule has 8 heteroatoms. The molecule has 0 bridgehead atoms. The highest BCUT2D eigenvalue weighted by molar-refractivity contribution is 6.60. The summed E-state index contributed by atoms with van der Waals surface area (Å²) in [6, 6.07) is -0.132. The molecular formula is C11H22F4O3Si. The molecule has 0 radical (unpaired) electrons. The summed E-state index contributed by atoms with van der Waals surface area (Å²) in [5.41, 5.74) is -1.34. The number of hydrogen-bond acceptors (Lipinski definition) is 3. The quantitative estimate of drug-likeness (QED) is 0.410. The van der Waals surface area contributed by atoms with Crippen LogP contribution in [0.25, 0.3) is 0 Å². The summed E-state index contributed by atoms with van der Waals surface area (Å²) in [6.45, 7) is -3.10. The summed E-state index contributed by atoms with van der Waals surface area (Å²) in [7, 11) is -0.789. The minimum atomic E-state index is -3.37. The van der Waals surface area contributed by atoms with Crippen molar-refractivity contribution in [3.05, 3.63) is 0 Å². The molecule has 0 aliphatic heterocycles. The van der Waals surface area contributed by atoms with Gasteiger partial charge in [-0.15, -0.1) is 0 Å². The van der Waals surface area contributed by atoms with E-state index in [1.165, 1.54) is 14.2 Å². The van der Waals surface area contributed by atoms with Gasteiger partial charge >= 0.3 is 8.80 Å². The van der Waals surface area contributed by atoms with Crippen LogP contribution in [0.2, 0.25) is 6.04 Å². The van der Waals surface area contributed by atoms with Crippen molar-refractivity contribution >= 4 is 8.80 Å². The Balaban J connectivity index is 5.10. The molecule has 0 aliphatic carbocycles. The fraction of sp³-hybridized carbons (Fsp3) is 1.00. The van der Waals surface area contributed by atoms with Gasteiger partial charge in [0.15, 0.2) is 0 Å². The average Bonchev–Trinajstić information content (AvgIpc) is 2.39. The van der Waals surface area contributed by atoms with Crippen LogP contribution in [-0.4, -0.2) is 55.3 Å². The topological polar surface area (TPSA) is 27.7 Å². The third kappa shape index (κ3) is 5.76. The van der Waals surface area contributed by atoms with Gasteiger partial charge in [-0.1, -0.05) is 0 Å². The largest absolute Gasteiger partial charge is 0.503 e. The highest BCUT2D eigenvalue weighted by Gasteiger charge is 2.47.